The van der Waals surface area contributed by atoms with Crippen molar-refractivity contribution in [1.82, 2.24) is 10.2 Å². The molecular weight excluding hydrogens is 395 g/mol. The van der Waals surface area contributed by atoms with E-state index in [0.29, 0.717) is 31.7 Å². The monoisotopic (exact) mass is 420 g/mol. The van der Waals surface area contributed by atoms with Crippen molar-refractivity contribution in [2.75, 3.05) is 30.8 Å². The summed E-state index contributed by atoms with van der Waals surface area (Å²) in [5.74, 6) is -0.451. The molecule has 3 N–H and O–H groups in total. The van der Waals surface area contributed by atoms with Gasteiger partial charge in [-0.3, -0.25) is 4.79 Å². The molecule has 3 amide bonds. The van der Waals surface area contributed by atoms with Gasteiger partial charge >= 0.3 is 6.03 Å². The van der Waals surface area contributed by atoms with Crippen LogP contribution in [0.4, 0.5) is 20.6 Å². The number of carbonyl (C=O) groups excluding carboxylic acids is 2. The van der Waals surface area contributed by atoms with E-state index in [-0.39, 0.29) is 29.9 Å². The number of halogens is 2. The van der Waals surface area contributed by atoms with Crippen LogP contribution in [0.2, 0.25) is 0 Å². The van der Waals surface area contributed by atoms with E-state index in [4.69, 9.17) is 0 Å². The summed E-state index contributed by atoms with van der Waals surface area (Å²) in [6, 6.07) is 11.2. The number of fused-ring (bicyclic) bond motifs is 1. The highest BCUT2D eigenvalue weighted by Gasteiger charge is 2.25. The van der Waals surface area contributed by atoms with Crippen molar-refractivity contribution < 1.29 is 14.0 Å². The predicted octanol–water partition coefficient (Wildman–Crippen LogP) is 3.63. The Morgan fingerprint density at radius 1 is 1.10 bits per heavy atom. The van der Waals surface area contributed by atoms with Gasteiger partial charge in [0.1, 0.15) is 5.82 Å². The molecule has 0 aromatic heterocycles. The van der Waals surface area contributed by atoms with E-state index < -0.39 is 11.8 Å². The van der Waals surface area contributed by atoms with Crippen LogP contribution in [-0.4, -0.2) is 37.0 Å². The molecule has 1 heterocycles. The molecule has 0 bridgehead atoms. The van der Waals surface area contributed by atoms with E-state index in [1.165, 1.54) is 12.1 Å². The number of nitrogens with one attached hydrogen (secondary N) is 3. The molecule has 29 heavy (non-hydrogen) atoms. The van der Waals surface area contributed by atoms with Crippen LogP contribution in [0.25, 0.3) is 0 Å². The van der Waals surface area contributed by atoms with Crippen LogP contribution in [0.3, 0.4) is 0 Å². The lowest BCUT2D eigenvalue weighted by atomic mass is 9.96. The van der Waals surface area contributed by atoms with E-state index >= 15 is 0 Å². The summed E-state index contributed by atoms with van der Waals surface area (Å²) in [6.07, 6.45) is 0.656. The maximum absolute atomic E-state index is 13.7. The Hall–Kier alpha value is -2.64. The van der Waals surface area contributed by atoms with Gasteiger partial charge < -0.3 is 20.9 Å². The number of hydrogen-bond acceptors (Lipinski definition) is 3. The lowest BCUT2D eigenvalue weighted by Gasteiger charge is -2.32. The largest absolute Gasteiger partial charge is 0.338 e. The van der Waals surface area contributed by atoms with Gasteiger partial charge in [-0.15, -0.1) is 12.4 Å². The molecule has 1 atom stereocenters. The van der Waals surface area contributed by atoms with Crippen LogP contribution >= 0.6 is 12.4 Å². The maximum atomic E-state index is 13.7. The van der Waals surface area contributed by atoms with Gasteiger partial charge in [-0.25, -0.2) is 9.18 Å². The summed E-state index contributed by atoms with van der Waals surface area (Å²) in [5, 5.41) is 8.36. The van der Waals surface area contributed by atoms with E-state index in [9.17, 15) is 14.0 Å². The molecule has 2 aromatic carbocycles. The summed E-state index contributed by atoms with van der Waals surface area (Å²) in [5.41, 5.74) is 2.83. The van der Waals surface area contributed by atoms with Crippen LogP contribution in [0.15, 0.2) is 42.5 Å². The predicted molar refractivity (Wildman–Crippen MR) is 115 cm³/mol. The normalized spacial score (nSPS) is 13.7. The zero-order chi connectivity index (χ0) is 20.1. The summed E-state index contributed by atoms with van der Waals surface area (Å²) < 4.78 is 13.7. The zero-order valence-corrected chi connectivity index (χ0v) is 17.3. The number of benzene rings is 2. The fourth-order valence-electron chi connectivity index (χ4n) is 3.46. The Bertz CT molecular complexity index is 878. The third-order valence-electron chi connectivity index (χ3n) is 4.88. The smallest absolute Gasteiger partial charge is 0.323 e. The average Bonchev–Trinajstić information content (AvgIpc) is 2.69. The molecule has 0 saturated heterocycles. The van der Waals surface area contributed by atoms with Gasteiger partial charge in [-0.1, -0.05) is 31.2 Å². The first-order valence-electron chi connectivity index (χ1n) is 9.36. The van der Waals surface area contributed by atoms with E-state index in [1.54, 1.807) is 12.1 Å². The Morgan fingerprint density at radius 3 is 2.52 bits per heavy atom. The fraction of sp³-hybridized carbons (Fsp3) is 0.333. The Balaban J connectivity index is 0.00000300. The molecule has 1 unspecified atom stereocenters. The molecule has 156 valence electrons. The van der Waals surface area contributed by atoms with Crippen molar-refractivity contribution in [3.63, 3.8) is 0 Å². The van der Waals surface area contributed by atoms with Gasteiger partial charge in [0.15, 0.2) is 0 Å². The molecule has 0 saturated carbocycles. The van der Waals surface area contributed by atoms with Gasteiger partial charge in [0.05, 0.1) is 5.69 Å². The molecular formula is C21H26ClFN4O2. The highest BCUT2D eigenvalue weighted by atomic mass is 35.5. The molecule has 0 aliphatic carbocycles. The lowest BCUT2D eigenvalue weighted by molar-refractivity contribution is -0.135. The van der Waals surface area contributed by atoms with Crippen molar-refractivity contribution in [2.45, 2.75) is 19.9 Å². The second-order valence-electron chi connectivity index (χ2n) is 6.97. The van der Waals surface area contributed by atoms with Crippen molar-refractivity contribution in [3.8, 4) is 0 Å². The number of nitrogens with zero attached hydrogens (tertiary/aromatic N) is 1. The minimum absolute atomic E-state index is 0. The molecule has 0 spiro atoms. The third-order valence-corrected chi connectivity index (χ3v) is 4.88. The van der Waals surface area contributed by atoms with Gasteiger partial charge in [0.25, 0.3) is 0 Å². The van der Waals surface area contributed by atoms with Crippen molar-refractivity contribution in [3.05, 3.63) is 59.4 Å². The summed E-state index contributed by atoms with van der Waals surface area (Å²) in [6.45, 7) is 3.68. The van der Waals surface area contributed by atoms with Crippen LogP contribution in [0.1, 0.15) is 18.1 Å². The SMILES string of the molecule is CNCC(C)C(=O)N1CCc2c(cccc2NC(=O)Nc2ccccc2F)C1.Cl. The topological polar surface area (TPSA) is 73.5 Å². The first-order valence-corrected chi connectivity index (χ1v) is 9.36. The van der Waals surface area contributed by atoms with Crippen molar-refractivity contribution in [1.29, 1.82) is 0 Å². The van der Waals surface area contributed by atoms with Gasteiger partial charge in [-0.2, -0.15) is 0 Å². The third kappa shape index (κ3) is 5.46. The van der Waals surface area contributed by atoms with Crippen LogP contribution < -0.4 is 16.0 Å². The zero-order valence-electron chi connectivity index (χ0n) is 16.5. The Labute approximate surface area is 176 Å². The first-order chi connectivity index (χ1) is 13.5. The summed E-state index contributed by atoms with van der Waals surface area (Å²) in [7, 11) is 1.83. The summed E-state index contributed by atoms with van der Waals surface area (Å²) in [4.78, 5) is 26.7. The first kappa shape index (κ1) is 22.6. The number of carbonyl (C=O) groups is 2. The van der Waals surface area contributed by atoms with Gasteiger partial charge in [0.2, 0.25) is 5.91 Å². The van der Waals surface area contributed by atoms with Crippen molar-refractivity contribution >= 4 is 35.7 Å². The molecule has 3 rings (SSSR count). The molecule has 2 aromatic rings. The molecule has 1 aliphatic heterocycles. The highest BCUT2D eigenvalue weighted by Crippen LogP contribution is 2.27. The number of amides is 3. The van der Waals surface area contributed by atoms with Gasteiger partial charge in [0, 0.05) is 31.2 Å². The number of urea groups is 1. The highest BCUT2D eigenvalue weighted by molar-refractivity contribution is 6.00. The van der Waals surface area contributed by atoms with E-state index in [0.717, 1.165) is 11.1 Å². The number of para-hydroxylation sites is 1. The fourth-order valence-corrected chi connectivity index (χ4v) is 3.46. The minimum Gasteiger partial charge on any atom is -0.338 e. The molecule has 6 nitrogen and oxygen atoms in total. The Morgan fingerprint density at radius 2 is 1.79 bits per heavy atom. The second kappa shape index (κ2) is 10.2. The molecule has 0 fully saturated rings. The quantitative estimate of drug-likeness (QED) is 0.691. The number of hydrogen-bond donors (Lipinski definition) is 3. The van der Waals surface area contributed by atoms with Crippen LogP contribution in [0.5, 0.6) is 0 Å². The van der Waals surface area contributed by atoms with Gasteiger partial charge in [-0.05, 0) is 42.8 Å². The van der Waals surface area contributed by atoms with Crippen LogP contribution in [-0.2, 0) is 17.8 Å². The average molecular weight is 421 g/mol. The maximum Gasteiger partial charge on any atom is 0.323 e. The molecule has 8 heteroatoms. The van der Waals surface area contributed by atoms with Crippen LogP contribution in [0, 0.1) is 11.7 Å². The molecule has 0 radical (unpaired) electrons. The lowest BCUT2D eigenvalue weighted by Crippen LogP contribution is -2.41. The minimum atomic E-state index is -0.500. The molecule has 1 aliphatic rings. The Kier molecular flexibility index (Phi) is 7.99. The van der Waals surface area contributed by atoms with E-state index in [2.05, 4.69) is 16.0 Å². The van der Waals surface area contributed by atoms with Crippen molar-refractivity contribution in [2.24, 2.45) is 5.92 Å². The number of rotatable bonds is 5. The second-order valence-corrected chi connectivity index (χ2v) is 6.97. The van der Waals surface area contributed by atoms with E-state index in [1.807, 2.05) is 37.1 Å². The standard InChI is InChI=1S/C21H25FN4O2.ClH/c1-14(12-23-2)20(27)26-11-10-16-15(13-26)6-5-9-18(16)24-21(28)25-19-8-4-3-7-17(19)22;/h3-9,14,23H,10-13H2,1-2H3,(H2,24,25,28);1H. The number of anilines is 2. The summed E-state index contributed by atoms with van der Waals surface area (Å²) >= 11 is 0.